The number of ether oxygens (including phenoxy) is 1. The second-order valence-corrected chi connectivity index (χ2v) is 6.81. The molecule has 2 aromatic carbocycles. The lowest BCUT2D eigenvalue weighted by Crippen LogP contribution is -2.45. The maximum atomic E-state index is 9.10. The summed E-state index contributed by atoms with van der Waals surface area (Å²) in [4.78, 5) is 23.2. The molecule has 3 rings (SSSR count). The first-order valence-corrected chi connectivity index (χ1v) is 9.74. The van der Waals surface area contributed by atoms with Crippen LogP contribution in [-0.2, 0) is 16.1 Å². The first kappa shape index (κ1) is 23.1. The quantitative estimate of drug-likeness (QED) is 0.705. The molecule has 1 aliphatic heterocycles. The van der Waals surface area contributed by atoms with Crippen molar-refractivity contribution < 1.29 is 24.5 Å². The van der Waals surface area contributed by atoms with E-state index < -0.39 is 11.9 Å². The van der Waals surface area contributed by atoms with Crippen LogP contribution in [0.4, 0.5) is 0 Å². The molecule has 1 fully saturated rings. The van der Waals surface area contributed by atoms with E-state index in [2.05, 4.69) is 64.4 Å². The highest BCUT2D eigenvalue weighted by molar-refractivity contribution is 6.27. The van der Waals surface area contributed by atoms with E-state index >= 15 is 0 Å². The fourth-order valence-electron chi connectivity index (χ4n) is 3.11. The lowest BCUT2D eigenvalue weighted by atomic mass is 10.1. The molecule has 160 valence electrons. The van der Waals surface area contributed by atoms with Crippen LogP contribution in [0, 0.1) is 0 Å². The highest BCUT2D eigenvalue weighted by Gasteiger charge is 2.17. The van der Waals surface area contributed by atoms with E-state index in [9.17, 15) is 0 Å². The van der Waals surface area contributed by atoms with Gasteiger partial charge in [0.25, 0.3) is 0 Å². The maximum absolute atomic E-state index is 9.10. The third-order valence-electron chi connectivity index (χ3n) is 4.71. The van der Waals surface area contributed by atoms with Gasteiger partial charge < -0.3 is 14.9 Å². The molecule has 7 heteroatoms. The number of hydrogen-bond acceptors (Lipinski definition) is 5. The average molecular weight is 412 g/mol. The molecule has 2 aromatic rings. The summed E-state index contributed by atoms with van der Waals surface area (Å²) in [7, 11) is 1.75. The van der Waals surface area contributed by atoms with Gasteiger partial charge in [-0.15, -0.1) is 0 Å². The van der Waals surface area contributed by atoms with Crippen molar-refractivity contribution in [3.63, 3.8) is 0 Å². The van der Waals surface area contributed by atoms with Crippen LogP contribution in [0.15, 0.2) is 60.7 Å². The molecule has 0 atom stereocenters. The number of piperazine rings is 1. The Balaban J connectivity index is 0.000000469. The van der Waals surface area contributed by atoms with E-state index in [1.807, 2.05) is 12.1 Å². The van der Waals surface area contributed by atoms with Crippen molar-refractivity contribution in [1.29, 1.82) is 0 Å². The van der Waals surface area contributed by atoms with Gasteiger partial charge in [-0.05, 0) is 11.6 Å². The van der Waals surface area contributed by atoms with Crippen molar-refractivity contribution in [2.75, 3.05) is 39.8 Å². The summed E-state index contributed by atoms with van der Waals surface area (Å²) in [5, 5.41) is 14.8. The number of benzene rings is 2. The molecule has 30 heavy (non-hydrogen) atoms. The SMILES string of the molecule is COc1ccccc1CN1CCN(C/C=C/c2ccccc2)CC1.O=C(O)C(=O)O. The molecular formula is C23H28N2O5. The van der Waals surface area contributed by atoms with Crippen LogP contribution in [-0.4, -0.2) is 71.8 Å². The van der Waals surface area contributed by atoms with Crippen LogP contribution in [0.2, 0.25) is 0 Å². The predicted octanol–water partition coefficient (Wildman–Crippen LogP) is 2.68. The summed E-state index contributed by atoms with van der Waals surface area (Å²) in [5.74, 6) is -2.66. The number of nitrogens with zero attached hydrogens (tertiary/aromatic N) is 2. The summed E-state index contributed by atoms with van der Waals surface area (Å²) in [6.07, 6.45) is 4.48. The summed E-state index contributed by atoms with van der Waals surface area (Å²) in [6, 6.07) is 18.8. The third-order valence-corrected chi connectivity index (χ3v) is 4.71. The molecule has 0 amide bonds. The molecule has 0 spiro atoms. The van der Waals surface area contributed by atoms with Crippen molar-refractivity contribution in [2.24, 2.45) is 0 Å². The Labute approximate surface area is 176 Å². The fraction of sp³-hybridized carbons (Fsp3) is 0.304. The van der Waals surface area contributed by atoms with E-state index in [0.29, 0.717) is 0 Å². The van der Waals surface area contributed by atoms with Crippen LogP contribution in [0.25, 0.3) is 6.08 Å². The minimum Gasteiger partial charge on any atom is -0.496 e. The zero-order valence-electron chi connectivity index (χ0n) is 17.1. The Kier molecular flexibility index (Phi) is 9.57. The number of para-hydroxylation sites is 1. The highest BCUT2D eigenvalue weighted by Crippen LogP contribution is 2.19. The van der Waals surface area contributed by atoms with Crippen molar-refractivity contribution in [2.45, 2.75) is 6.54 Å². The first-order valence-electron chi connectivity index (χ1n) is 9.74. The summed E-state index contributed by atoms with van der Waals surface area (Å²) < 4.78 is 5.46. The first-order chi connectivity index (χ1) is 14.5. The minimum atomic E-state index is -1.82. The second kappa shape index (κ2) is 12.4. The van der Waals surface area contributed by atoms with E-state index in [1.54, 1.807) is 7.11 Å². The van der Waals surface area contributed by atoms with Gasteiger partial charge in [0, 0.05) is 44.8 Å². The van der Waals surface area contributed by atoms with Crippen LogP contribution in [0.3, 0.4) is 0 Å². The zero-order valence-corrected chi connectivity index (χ0v) is 17.1. The van der Waals surface area contributed by atoms with Gasteiger partial charge in [0.1, 0.15) is 5.75 Å². The molecule has 0 saturated carbocycles. The maximum Gasteiger partial charge on any atom is 0.414 e. The zero-order chi connectivity index (χ0) is 21.8. The summed E-state index contributed by atoms with van der Waals surface area (Å²) in [6.45, 7) is 6.45. The number of hydrogen-bond donors (Lipinski definition) is 2. The van der Waals surface area contributed by atoms with E-state index in [-0.39, 0.29) is 0 Å². The molecule has 0 aromatic heterocycles. The van der Waals surface area contributed by atoms with Gasteiger partial charge in [0.05, 0.1) is 7.11 Å². The van der Waals surface area contributed by atoms with Gasteiger partial charge in [-0.3, -0.25) is 9.80 Å². The Morgan fingerprint density at radius 1 is 0.900 bits per heavy atom. The fourth-order valence-corrected chi connectivity index (χ4v) is 3.11. The third kappa shape index (κ3) is 8.06. The Hall–Kier alpha value is -3.16. The second-order valence-electron chi connectivity index (χ2n) is 6.81. The number of carboxylic acid groups (broad SMARTS) is 2. The smallest absolute Gasteiger partial charge is 0.414 e. The topological polar surface area (TPSA) is 90.3 Å². The summed E-state index contributed by atoms with van der Waals surface area (Å²) in [5.41, 5.74) is 2.55. The number of methoxy groups -OCH3 is 1. The Morgan fingerprint density at radius 2 is 1.47 bits per heavy atom. The summed E-state index contributed by atoms with van der Waals surface area (Å²) >= 11 is 0. The highest BCUT2D eigenvalue weighted by atomic mass is 16.5. The van der Waals surface area contributed by atoms with Crippen molar-refractivity contribution in [1.82, 2.24) is 9.80 Å². The normalized spacial score (nSPS) is 14.7. The van der Waals surface area contributed by atoms with Gasteiger partial charge in [-0.25, -0.2) is 9.59 Å². The molecule has 1 heterocycles. The lowest BCUT2D eigenvalue weighted by molar-refractivity contribution is -0.159. The van der Waals surface area contributed by atoms with Gasteiger partial charge in [-0.1, -0.05) is 60.7 Å². The lowest BCUT2D eigenvalue weighted by Gasteiger charge is -2.34. The minimum absolute atomic E-state index is 0.970. The molecule has 1 saturated heterocycles. The molecular weight excluding hydrogens is 384 g/mol. The number of carboxylic acids is 2. The number of aliphatic carboxylic acids is 2. The molecule has 0 radical (unpaired) electrons. The Bertz CT molecular complexity index is 818. The van der Waals surface area contributed by atoms with E-state index in [0.717, 1.165) is 45.0 Å². The van der Waals surface area contributed by atoms with Gasteiger partial charge >= 0.3 is 11.9 Å². The molecule has 2 N–H and O–H groups in total. The molecule has 0 aliphatic carbocycles. The largest absolute Gasteiger partial charge is 0.496 e. The van der Waals surface area contributed by atoms with Crippen LogP contribution in [0.5, 0.6) is 5.75 Å². The average Bonchev–Trinajstić information content (AvgIpc) is 2.76. The molecule has 0 unspecified atom stereocenters. The monoisotopic (exact) mass is 412 g/mol. The predicted molar refractivity (Wildman–Crippen MR) is 115 cm³/mol. The van der Waals surface area contributed by atoms with Gasteiger partial charge in [-0.2, -0.15) is 0 Å². The van der Waals surface area contributed by atoms with E-state index in [1.165, 1.54) is 11.1 Å². The van der Waals surface area contributed by atoms with Crippen LogP contribution < -0.4 is 4.74 Å². The molecule has 7 nitrogen and oxygen atoms in total. The molecule has 1 aliphatic rings. The van der Waals surface area contributed by atoms with Gasteiger partial charge in [0.15, 0.2) is 0 Å². The molecule has 0 bridgehead atoms. The van der Waals surface area contributed by atoms with E-state index in [4.69, 9.17) is 24.5 Å². The van der Waals surface area contributed by atoms with Crippen molar-refractivity contribution >= 4 is 18.0 Å². The van der Waals surface area contributed by atoms with Crippen molar-refractivity contribution in [3.05, 3.63) is 71.8 Å². The number of rotatable bonds is 6. The van der Waals surface area contributed by atoms with Crippen LogP contribution >= 0.6 is 0 Å². The van der Waals surface area contributed by atoms with Gasteiger partial charge in [0.2, 0.25) is 0 Å². The standard InChI is InChI=1S/C21H26N2O.C2H2O4/c1-24-21-12-6-5-11-20(21)18-23-16-14-22(15-17-23)13-7-10-19-8-3-2-4-9-19;3-1(4)2(5)6/h2-12H,13-18H2,1H3;(H,3,4)(H,5,6)/b10-7+;. The van der Waals surface area contributed by atoms with Crippen molar-refractivity contribution in [3.8, 4) is 5.75 Å². The Morgan fingerprint density at radius 3 is 2.07 bits per heavy atom. The number of carbonyl (C=O) groups is 2. The van der Waals surface area contributed by atoms with Crippen LogP contribution in [0.1, 0.15) is 11.1 Å².